The van der Waals surface area contributed by atoms with E-state index in [2.05, 4.69) is 9.97 Å². The van der Waals surface area contributed by atoms with Gasteiger partial charge >= 0.3 is 0 Å². The summed E-state index contributed by atoms with van der Waals surface area (Å²) in [5.74, 6) is 0.638. The molecule has 2 heterocycles. The van der Waals surface area contributed by atoms with Gasteiger partial charge in [-0.3, -0.25) is 0 Å². The summed E-state index contributed by atoms with van der Waals surface area (Å²) < 4.78 is 28.2. The summed E-state index contributed by atoms with van der Waals surface area (Å²) in [6, 6.07) is 18.6. The van der Waals surface area contributed by atoms with Crippen LogP contribution in [0.25, 0.3) is 11.1 Å². The number of rotatable bonds is 4. The number of anilines is 1. The number of sulfonamides is 1. The maximum atomic E-state index is 13.3. The number of piperazine rings is 1. The number of hydrogen-bond acceptors (Lipinski definition) is 5. The summed E-state index contributed by atoms with van der Waals surface area (Å²) in [4.78, 5) is 10.9. The van der Waals surface area contributed by atoms with E-state index in [1.54, 1.807) is 34.9 Å². The molecule has 1 aliphatic rings. The zero-order valence-electron chi connectivity index (χ0n) is 14.8. The third-order valence-corrected chi connectivity index (χ3v) is 6.62. The van der Waals surface area contributed by atoms with Crippen LogP contribution in [0.4, 0.5) is 5.95 Å². The van der Waals surface area contributed by atoms with Crippen LogP contribution in [0.3, 0.4) is 0 Å². The molecule has 1 aliphatic heterocycles. The molecule has 0 spiro atoms. The molecule has 0 aliphatic carbocycles. The average Bonchev–Trinajstić information content (AvgIpc) is 2.75. The van der Waals surface area contributed by atoms with Crippen LogP contribution >= 0.6 is 0 Å². The molecule has 1 saturated heterocycles. The molecule has 0 amide bonds. The molecule has 27 heavy (non-hydrogen) atoms. The maximum Gasteiger partial charge on any atom is 0.243 e. The molecule has 7 heteroatoms. The summed E-state index contributed by atoms with van der Waals surface area (Å²) in [5.41, 5.74) is 1.62. The second-order valence-corrected chi connectivity index (χ2v) is 8.21. The highest BCUT2D eigenvalue weighted by atomic mass is 32.2. The van der Waals surface area contributed by atoms with E-state index in [0.717, 1.165) is 11.1 Å². The van der Waals surface area contributed by atoms with Crippen molar-refractivity contribution in [2.24, 2.45) is 0 Å². The normalized spacial score (nSPS) is 15.6. The fraction of sp³-hybridized carbons (Fsp3) is 0.200. The van der Waals surface area contributed by atoms with Crippen LogP contribution in [0.15, 0.2) is 78.0 Å². The first-order valence-electron chi connectivity index (χ1n) is 8.83. The van der Waals surface area contributed by atoms with Gasteiger partial charge in [-0.05, 0) is 17.7 Å². The van der Waals surface area contributed by atoms with Gasteiger partial charge < -0.3 is 4.90 Å². The van der Waals surface area contributed by atoms with Crippen molar-refractivity contribution in [3.63, 3.8) is 0 Å². The molecule has 0 bridgehead atoms. The highest BCUT2D eigenvalue weighted by Crippen LogP contribution is 2.29. The Morgan fingerprint density at radius 2 is 1.37 bits per heavy atom. The van der Waals surface area contributed by atoms with Crippen LogP contribution in [0.5, 0.6) is 0 Å². The van der Waals surface area contributed by atoms with Crippen molar-refractivity contribution in [3.8, 4) is 11.1 Å². The van der Waals surface area contributed by atoms with E-state index < -0.39 is 10.0 Å². The zero-order chi connectivity index (χ0) is 18.7. The topological polar surface area (TPSA) is 66.4 Å². The summed E-state index contributed by atoms with van der Waals surface area (Å²) in [7, 11) is -3.58. The van der Waals surface area contributed by atoms with Gasteiger partial charge in [-0.1, -0.05) is 48.5 Å². The number of hydrogen-bond donors (Lipinski definition) is 0. The third kappa shape index (κ3) is 3.56. The summed E-state index contributed by atoms with van der Waals surface area (Å²) in [6.45, 7) is 1.95. The number of aromatic nitrogens is 2. The van der Waals surface area contributed by atoms with Crippen LogP contribution in [0.1, 0.15) is 0 Å². The van der Waals surface area contributed by atoms with Crippen LogP contribution in [0, 0.1) is 0 Å². The van der Waals surface area contributed by atoms with Crippen LogP contribution in [0.2, 0.25) is 0 Å². The van der Waals surface area contributed by atoms with E-state index >= 15 is 0 Å². The van der Waals surface area contributed by atoms with Gasteiger partial charge in [0.1, 0.15) is 0 Å². The first kappa shape index (κ1) is 17.6. The Bertz CT molecular complexity index is 1000. The number of benzene rings is 2. The highest BCUT2D eigenvalue weighted by Gasteiger charge is 2.30. The van der Waals surface area contributed by atoms with E-state index in [4.69, 9.17) is 0 Å². The SMILES string of the molecule is O=S(=O)(c1ccccc1-c1ccccc1)N1CCN(c2ncccn2)CC1. The Balaban J connectivity index is 1.59. The third-order valence-electron chi connectivity index (χ3n) is 4.66. The Kier molecular flexibility index (Phi) is 4.87. The van der Waals surface area contributed by atoms with Crippen LogP contribution < -0.4 is 4.90 Å². The van der Waals surface area contributed by atoms with Crippen molar-refractivity contribution in [2.45, 2.75) is 4.90 Å². The minimum absolute atomic E-state index is 0.348. The minimum Gasteiger partial charge on any atom is -0.338 e. The van der Waals surface area contributed by atoms with E-state index in [0.29, 0.717) is 37.0 Å². The van der Waals surface area contributed by atoms with Gasteiger partial charge in [-0.2, -0.15) is 4.31 Å². The lowest BCUT2D eigenvalue weighted by Gasteiger charge is -2.34. The summed E-state index contributed by atoms with van der Waals surface area (Å²) in [5, 5.41) is 0. The first-order valence-corrected chi connectivity index (χ1v) is 10.3. The molecule has 0 radical (unpaired) electrons. The van der Waals surface area contributed by atoms with Gasteiger partial charge in [-0.15, -0.1) is 0 Å². The van der Waals surface area contributed by atoms with Crippen molar-refractivity contribution >= 4 is 16.0 Å². The molecule has 0 saturated carbocycles. The minimum atomic E-state index is -3.58. The van der Waals surface area contributed by atoms with Crippen LogP contribution in [-0.4, -0.2) is 48.9 Å². The second kappa shape index (κ2) is 7.46. The zero-order valence-corrected chi connectivity index (χ0v) is 15.6. The van der Waals surface area contributed by atoms with Crippen molar-refractivity contribution in [1.29, 1.82) is 0 Å². The van der Waals surface area contributed by atoms with Crippen molar-refractivity contribution in [3.05, 3.63) is 73.1 Å². The largest absolute Gasteiger partial charge is 0.338 e. The second-order valence-electron chi connectivity index (χ2n) is 6.30. The van der Waals surface area contributed by atoms with Crippen molar-refractivity contribution in [2.75, 3.05) is 31.1 Å². The van der Waals surface area contributed by atoms with E-state index in [9.17, 15) is 8.42 Å². The van der Waals surface area contributed by atoms with Gasteiger partial charge in [0.05, 0.1) is 4.90 Å². The fourth-order valence-electron chi connectivity index (χ4n) is 3.27. The van der Waals surface area contributed by atoms with Gasteiger partial charge in [-0.25, -0.2) is 18.4 Å². The molecule has 138 valence electrons. The lowest BCUT2D eigenvalue weighted by Crippen LogP contribution is -2.49. The first-order chi connectivity index (χ1) is 13.2. The Morgan fingerprint density at radius 3 is 2.07 bits per heavy atom. The molecule has 4 rings (SSSR count). The fourth-order valence-corrected chi connectivity index (χ4v) is 4.91. The Morgan fingerprint density at radius 1 is 0.741 bits per heavy atom. The van der Waals surface area contributed by atoms with E-state index in [-0.39, 0.29) is 0 Å². The average molecular weight is 380 g/mol. The number of nitrogens with zero attached hydrogens (tertiary/aromatic N) is 4. The predicted octanol–water partition coefficient (Wildman–Crippen LogP) is 2.65. The lowest BCUT2D eigenvalue weighted by atomic mass is 10.1. The molecule has 2 aromatic carbocycles. The van der Waals surface area contributed by atoms with Crippen molar-refractivity contribution in [1.82, 2.24) is 14.3 Å². The standard InChI is InChI=1S/C20H20N4O2S/c25-27(26,19-10-5-4-9-18(19)17-7-2-1-3-8-17)24-15-13-23(14-16-24)20-21-11-6-12-22-20/h1-12H,13-16H2. The van der Waals surface area contributed by atoms with Gasteiger partial charge in [0.15, 0.2) is 0 Å². The molecule has 0 atom stereocenters. The molecule has 1 aromatic heterocycles. The Hall–Kier alpha value is -2.77. The highest BCUT2D eigenvalue weighted by molar-refractivity contribution is 7.89. The molecule has 6 nitrogen and oxygen atoms in total. The molecule has 1 fully saturated rings. The summed E-state index contributed by atoms with van der Waals surface area (Å²) >= 11 is 0. The quantitative estimate of drug-likeness (QED) is 0.696. The molecule has 3 aromatic rings. The van der Waals surface area contributed by atoms with Crippen molar-refractivity contribution < 1.29 is 8.42 Å². The molecular formula is C20H20N4O2S. The predicted molar refractivity (Wildman–Crippen MR) is 105 cm³/mol. The molecule has 0 unspecified atom stereocenters. The maximum absolute atomic E-state index is 13.3. The molecule has 0 N–H and O–H groups in total. The van der Waals surface area contributed by atoms with Gasteiger partial charge in [0.25, 0.3) is 0 Å². The van der Waals surface area contributed by atoms with Gasteiger partial charge in [0.2, 0.25) is 16.0 Å². The monoisotopic (exact) mass is 380 g/mol. The van der Waals surface area contributed by atoms with E-state index in [1.165, 1.54) is 0 Å². The lowest BCUT2D eigenvalue weighted by molar-refractivity contribution is 0.382. The van der Waals surface area contributed by atoms with E-state index in [1.807, 2.05) is 47.4 Å². The smallest absolute Gasteiger partial charge is 0.243 e. The van der Waals surface area contributed by atoms with Gasteiger partial charge in [0, 0.05) is 44.1 Å². The Labute approximate surface area is 159 Å². The van der Waals surface area contributed by atoms with Crippen LogP contribution in [-0.2, 0) is 10.0 Å². The molecular weight excluding hydrogens is 360 g/mol. The summed E-state index contributed by atoms with van der Waals surface area (Å²) in [6.07, 6.45) is 3.39.